The highest BCUT2D eigenvalue weighted by atomic mass is 32.2. The molecule has 5 nitrogen and oxygen atoms in total. The van der Waals surface area contributed by atoms with Gasteiger partial charge in [-0.05, 0) is 25.5 Å². The molecule has 1 aromatic carbocycles. The average Bonchev–Trinajstić information content (AvgIpc) is 2.60. The fourth-order valence-corrected chi connectivity index (χ4v) is 4.15. The Labute approximate surface area is 153 Å². The maximum atomic E-state index is 12.1. The van der Waals surface area contributed by atoms with E-state index in [1.54, 1.807) is 18.7 Å². The first-order valence-electron chi connectivity index (χ1n) is 8.78. The summed E-state index contributed by atoms with van der Waals surface area (Å²) in [5, 5.41) is 19.0. The number of aliphatic hydroxyl groups excluding tert-OH is 2. The molecule has 1 aliphatic rings. The van der Waals surface area contributed by atoms with Crippen LogP contribution in [0, 0.1) is 11.8 Å². The number of rotatable bonds is 7. The van der Waals surface area contributed by atoms with Crippen LogP contribution in [0.15, 0.2) is 35.2 Å². The molecule has 0 bridgehead atoms. The highest BCUT2D eigenvalue weighted by molar-refractivity contribution is 7.99. The summed E-state index contributed by atoms with van der Waals surface area (Å²) in [6, 6.07) is 9.92. The Balaban J connectivity index is 2.06. The molecule has 140 valence electrons. The van der Waals surface area contributed by atoms with Crippen molar-refractivity contribution in [3.8, 4) is 0 Å². The van der Waals surface area contributed by atoms with Crippen LogP contribution < -0.4 is 0 Å². The Morgan fingerprint density at radius 1 is 1.28 bits per heavy atom. The zero-order chi connectivity index (χ0) is 18.4. The van der Waals surface area contributed by atoms with E-state index in [9.17, 15) is 15.0 Å². The molecule has 6 atom stereocenters. The summed E-state index contributed by atoms with van der Waals surface area (Å²) in [5.41, 5.74) is -0.203. The van der Waals surface area contributed by atoms with E-state index in [2.05, 4.69) is 0 Å². The van der Waals surface area contributed by atoms with E-state index < -0.39 is 6.10 Å². The van der Waals surface area contributed by atoms with Gasteiger partial charge in [-0.3, -0.25) is 4.79 Å². The van der Waals surface area contributed by atoms with Gasteiger partial charge in [0.15, 0.2) is 0 Å². The molecule has 0 saturated carbocycles. The van der Waals surface area contributed by atoms with Crippen molar-refractivity contribution < 1.29 is 24.5 Å². The minimum atomic E-state index is -0.524. The van der Waals surface area contributed by atoms with Gasteiger partial charge in [0.05, 0.1) is 18.8 Å². The molecule has 0 spiro atoms. The minimum Gasteiger partial charge on any atom is -0.462 e. The fourth-order valence-electron chi connectivity index (χ4n) is 3.00. The highest BCUT2D eigenvalue weighted by Gasteiger charge is 2.43. The monoisotopic (exact) mass is 368 g/mol. The van der Waals surface area contributed by atoms with Gasteiger partial charge in [0.2, 0.25) is 0 Å². The largest absolute Gasteiger partial charge is 0.462 e. The van der Waals surface area contributed by atoms with Crippen molar-refractivity contribution >= 4 is 17.7 Å². The van der Waals surface area contributed by atoms with Crippen LogP contribution in [0.3, 0.4) is 0 Å². The summed E-state index contributed by atoms with van der Waals surface area (Å²) in [6.07, 6.45) is -0.644. The summed E-state index contributed by atoms with van der Waals surface area (Å²) >= 11 is 1.58. The van der Waals surface area contributed by atoms with Gasteiger partial charge in [0.25, 0.3) is 0 Å². The second kappa shape index (κ2) is 9.57. The first-order valence-corrected chi connectivity index (χ1v) is 9.66. The normalized spacial score (nSPS) is 30.7. The molecule has 6 heteroatoms. The Kier molecular flexibility index (Phi) is 7.75. The van der Waals surface area contributed by atoms with E-state index in [1.807, 2.05) is 44.2 Å². The molecular formula is C19H28O5S. The van der Waals surface area contributed by atoms with E-state index in [0.29, 0.717) is 6.42 Å². The maximum Gasteiger partial charge on any atom is 0.306 e. The number of thioether (sulfide) groups is 1. The summed E-state index contributed by atoms with van der Waals surface area (Å²) in [7, 11) is 0. The quantitative estimate of drug-likeness (QED) is 0.721. The lowest BCUT2D eigenvalue weighted by Crippen LogP contribution is -2.50. The maximum absolute atomic E-state index is 12.1. The smallest absolute Gasteiger partial charge is 0.306 e. The zero-order valence-corrected chi connectivity index (χ0v) is 15.8. The van der Waals surface area contributed by atoms with Gasteiger partial charge in [-0.25, -0.2) is 0 Å². The molecule has 1 fully saturated rings. The molecular weight excluding hydrogens is 340 g/mol. The molecule has 25 heavy (non-hydrogen) atoms. The molecule has 0 aliphatic carbocycles. The molecule has 2 N–H and O–H groups in total. The van der Waals surface area contributed by atoms with Crippen LogP contribution in [-0.4, -0.2) is 46.5 Å². The molecule has 1 aliphatic heterocycles. The van der Waals surface area contributed by atoms with Crippen molar-refractivity contribution in [2.75, 3.05) is 6.61 Å². The van der Waals surface area contributed by atoms with E-state index in [0.717, 1.165) is 4.90 Å². The lowest BCUT2D eigenvalue weighted by Gasteiger charge is -2.43. The van der Waals surface area contributed by atoms with Crippen molar-refractivity contribution in [2.24, 2.45) is 11.8 Å². The van der Waals surface area contributed by atoms with Crippen LogP contribution in [-0.2, 0) is 14.3 Å². The SMILES string of the molecule is CC(O)CCC(=O)OC1C(C)C(CO)OC(Sc2ccccc2)C1C. The third kappa shape index (κ3) is 5.71. The van der Waals surface area contributed by atoms with Crippen molar-refractivity contribution in [3.05, 3.63) is 30.3 Å². The van der Waals surface area contributed by atoms with Gasteiger partial charge in [0.1, 0.15) is 11.5 Å². The Morgan fingerprint density at radius 2 is 1.96 bits per heavy atom. The van der Waals surface area contributed by atoms with Crippen LogP contribution in [0.1, 0.15) is 33.6 Å². The number of carbonyl (C=O) groups excluding carboxylic acids is 1. The van der Waals surface area contributed by atoms with E-state index in [1.165, 1.54) is 0 Å². The first kappa shape index (κ1) is 20.2. The van der Waals surface area contributed by atoms with Gasteiger partial charge in [0, 0.05) is 23.2 Å². The number of benzene rings is 1. The standard InChI is InChI=1S/C19H28O5S/c1-12(21)9-10-17(22)24-18-13(2)16(11-20)23-19(14(18)3)25-15-7-5-4-6-8-15/h4-8,12-14,16,18-21H,9-11H2,1-3H3. The number of hydrogen-bond donors (Lipinski definition) is 2. The van der Waals surface area contributed by atoms with Gasteiger partial charge in [-0.1, -0.05) is 43.8 Å². The first-order chi connectivity index (χ1) is 11.9. The third-order valence-corrected chi connectivity index (χ3v) is 5.89. The molecule has 0 aromatic heterocycles. The van der Waals surface area contributed by atoms with Crippen molar-refractivity contribution in [1.29, 1.82) is 0 Å². The van der Waals surface area contributed by atoms with Gasteiger partial charge >= 0.3 is 5.97 Å². The molecule has 1 heterocycles. The fraction of sp³-hybridized carbons (Fsp3) is 0.632. The predicted octanol–water partition coefficient (Wildman–Crippen LogP) is 2.84. The summed E-state index contributed by atoms with van der Waals surface area (Å²) in [5.74, 6) is -0.423. The van der Waals surface area contributed by atoms with E-state index in [4.69, 9.17) is 9.47 Å². The number of hydrogen-bond acceptors (Lipinski definition) is 6. The van der Waals surface area contributed by atoms with Crippen LogP contribution in [0.2, 0.25) is 0 Å². The summed E-state index contributed by atoms with van der Waals surface area (Å²) in [6.45, 7) is 5.49. The summed E-state index contributed by atoms with van der Waals surface area (Å²) < 4.78 is 11.8. The van der Waals surface area contributed by atoms with Crippen molar-refractivity contribution in [3.63, 3.8) is 0 Å². The molecule has 0 radical (unpaired) electrons. The molecule has 1 aromatic rings. The Hall–Kier alpha value is -1.08. The molecule has 6 unspecified atom stereocenters. The van der Waals surface area contributed by atoms with Crippen molar-refractivity contribution in [1.82, 2.24) is 0 Å². The van der Waals surface area contributed by atoms with Gasteiger partial charge in [-0.2, -0.15) is 0 Å². The van der Waals surface area contributed by atoms with Crippen LogP contribution in [0.25, 0.3) is 0 Å². The average molecular weight is 368 g/mol. The lowest BCUT2D eigenvalue weighted by molar-refractivity contribution is -0.182. The van der Waals surface area contributed by atoms with Gasteiger partial charge < -0.3 is 19.7 Å². The number of esters is 1. The number of carbonyl (C=O) groups is 1. The van der Waals surface area contributed by atoms with E-state index >= 15 is 0 Å². The lowest BCUT2D eigenvalue weighted by atomic mass is 9.86. The van der Waals surface area contributed by atoms with Crippen LogP contribution in [0.4, 0.5) is 0 Å². The number of aliphatic hydroxyl groups is 2. The Morgan fingerprint density at radius 3 is 2.56 bits per heavy atom. The second-order valence-electron chi connectivity index (χ2n) is 6.72. The van der Waals surface area contributed by atoms with Crippen LogP contribution >= 0.6 is 11.8 Å². The van der Waals surface area contributed by atoms with Gasteiger partial charge in [-0.15, -0.1) is 0 Å². The zero-order valence-electron chi connectivity index (χ0n) is 15.0. The van der Waals surface area contributed by atoms with Crippen LogP contribution in [0.5, 0.6) is 0 Å². The van der Waals surface area contributed by atoms with E-state index in [-0.39, 0.29) is 48.5 Å². The minimum absolute atomic E-state index is 0.0153. The Bertz CT molecular complexity index is 536. The topological polar surface area (TPSA) is 76.0 Å². The number of ether oxygens (including phenoxy) is 2. The molecule has 0 amide bonds. The highest BCUT2D eigenvalue weighted by Crippen LogP contribution is 2.40. The summed E-state index contributed by atoms with van der Waals surface area (Å²) in [4.78, 5) is 13.2. The molecule has 2 rings (SSSR count). The third-order valence-electron chi connectivity index (χ3n) is 4.57. The molecule has 1 saturated heterocycles. The second-order valence-corrected chi connectivity index (χ2v) is 7.89. The van der Waals surface area contributed by atoms with Crippen molar-refractivity contribution in [2.45, 2.75) is 62.3 Å². The predicted molar refractivity (Wildman–Crippen MR) is 97.2 cm³/mol.